The SMILES string of the molecule is CCCCCCC/C=C/CCCCCCCC(=O)N[C@@H](COP(=O)([O-])OCC[N+](C)(C)C)[C@H](O)CCCC/C=C/CCCCCCCCCCCCC. The molecule has 0 aromatic carbocycles. The van der Waals surface area contributed by atoms with E-state index in [-0.39, 0.29) is 19.1 Å². The molecule has 1 amide bonds. The molecule has 0 radical (unpaired) electrons. The molecule has 0 saturated carbocycles. The number of rotatable bonds is 40. The third kappa shape index (κ3) is 39.0. The van der Waals surface area contributed by atoms with Gasteiger partial charge < -0.3 is 28.8 Å². The molecule has 0 aliphatic rings. The standard InChI is InChI=1S/C44H87N2O6P/c1-6-8-10-12-14-16-18-20-22-23-24-25-27-29-31-33-35-37-43(47)42(41-52-53(49,50)51-40-39-46(3,4)5)45-44(48)38-36-34-32-30-28-26-21-19-17-15-13-11-9-7-2/h19,21,27,29,42-43,47H,6-18,20,22-26,28,30-41H2,1-5H3,(H-,45,48,49,50)/b21-19+,29-27+/t42-,43+/m0/s1. The van der Waals surface area contributed by atoms with E-state index in [0.29, 0.717) is 23.9 Å². The minimum absolute atomic E-state index is 0.00599. The van der Waals surface area contributed by atoms with Crippen LogP contribution in [0.3, 0.4) is 0 Å². The van der Waals surface area contributed by atoms with Crippen LogP contribution in [0.15, 0.2) is 24.3 Å². The molecule has 2 N–H and O–H groups in total. The molecule has 0 saturated heterocycles. The Morgan fingerprint density at radius 2 is 1.04 bits per heavy atom. The number of amides is 1. The first-order chi connectivity index (χ1) is 25.5. The monoisotopic (exact) mass is 771 g/mol. The summed E-state index contributed by atoms with van der Waals surface area (Å²) >= 11 is 0. The zero-order valence-corrected chi connectivity index (χ0v) is 36.4. The van der Waals surface area contributed by atoms with Gasteiger partial charge in [-0.05, 0) is 64.2 Å². The Balaban J connectivity index is 4.42. The van der Waals surface area contributed by atoms with E-state index in [1.54, 1.807) is 0 Å². The zero-order chi connectivity index (χ0) is 39.3. The van der Waals surface area contributed by atoms with Crippen LogP contribution >= 0.6 is 7.82 Å². The first-order valence-corrected chi connectivity index (χ1v) is 23.6. The summed E-state index contributed by atoms with van der Waals surface area (Å²) in [7, 11) is 1.28. The average Bonchev–Trinajstić information content (AvgIpc) is 3.10. The van der Waals surface area contributed by atoms with E-state index < -0.39 is 20.0 Å². The molecule has 8 nitrogen and oxygen atoms in total. The van der Waals surface area contributed by atoms with E-state index in [1.807, 2.05) is 21.1 Å². The molecule has 0 bridgehead atoms. The van der Waals surface area contributed by atoms with Gasteiger partial charge in [0.1, 0.15) is 13.2 Å². The maximum Gasteiger partial charge on any atom is 0.268 e. The molecule has 0 heterocycles. The van der Waals surface area contributed by atoms with Crippen molar-refractivity contribution in [1.29, 1.82) is 0 Å². The van der Waals surface area contributed by atoms with E-state index in [1.165, 1.54) is 116 Å². The highest BCUT2D eigenvalue weighted by Crippen LogP contribution is 2.38. The van der Waals surface area contributed by atoms with E-state index in [2.05, 4.69) is 43.5 Å². The first kappa shape index (κ1) is 52.0. The third-order valence-electron chi connectivity index (χ3n) is 9.91. The summed E-state index contributed by atoms with van der Waals surface area (Å²) in [6.07, 6.45) is 41.8. The summed E-state index contributed by atoms with van der Waals surface area (Å²) in [5, 5.41) is 13.9. The number of hydrogen-bond donors (Lipinski definition) is 2. The normalized spacial score (nSPS) is 14.6. The molecule has 0 fully saturated rings. The lowest BCUT2D eigenvalue weighted by Crippen LogP contribution is -2.46. The molecule has 1 unspecified atom stereocenters. The van der Waals surface area contributed by atoms with Gasteiger partial charge in [-0.25, -0.2) is 0 Å². The highest BCUT2D eigenvalue weighted by molar-refractivity contribution is 7.45. The fraction of sp³-hybridized carbons (Fsp3) is 0.886. The van der Waals surface area contributed by atoms with Crippen molar-refractivity contribution in [3.8, 4) is 0 Å². The first-order valence-electron chi connectivity index (χ1n) is 22.2. The van der Waals surface area contributed by atoms with Gasteiger partial charge in [-0.1, -0.05) is 154 Å². The van der Waals surface area contributed by atoms with Crippen LogP contribution < -0.4 is 10.2 Å². The van der Waals surface area contributed by atoms with Crippen LogP contribution in [0.4, 0.5) is 0 Å². The maximum atomic E-state index is 12.8. The van der Waals surface area contributed by atoms with Gasteiger partial charge in [0, 0.05) is 6.42 Å². The zero-order valence-electron chi connectivity index (χ0n) is 35.5. The summed E-state index contributed by atoms with van der Waals surface area (Å²) in [4.78, 5) is 25.3. The van der Waals surface area contributed by atoms with Gasteiger partial charge in [-0.3, -0.25) is 9.36 Å². The lowest BCUT2D eigenvalue weighted by molar-refractivity contribution is -0.870. The van der Waals surface area contributed by atoms with Crippen LogP contribution in [0.5, 0.6) is 0 Å². The van der Waals surface area contributed by atoms with Crippen LogP contribution in [0, 0.1) is 0 Å². The van der Waals surface area contributed by atoms with Gasteiger partial charge in [0.15, 0.2) is 0 Å². The minimum Gasteiger partial charge on any atom is -0.756 e. The number of aliphatic hydroxyl groups excluding tert-OH is 1. The number of aliphatic hydroxyl groups is 1. The summed E-state index contributed by atoms with van der Waals surface area (Å²) in [6.45, 7) is 4.68. The van der Waals surface area contributed by atoms with Crippen molar-refractivity contribution in [3.05, 3.63) is 24.3 Å². The highest BCUT2D eigenvalue weighted by Gasteiger charge is 2.24. The fourth-order valence-electron chi connectivity index (χ4n) is 6.32. The molecule has 9 heteroatoms. The molecule has 314 valence electrons. The number of nitrogens with zero attached hydrogens (tertiary/aromatic N) is 1. The Morgan fingerprint density at radius 1 is 0.642 bits per heavy atom. The second-order valence-electron chi connectivity index (χ2n) is 16.4. The average molecular weight is 771 g/mol. The van der Waals surface area contributed by atoms with Gasteiger partial charge in [-0.2, -0.15) is 0 Å². The van der Waals surface area contributed by atoms with Gasteiger partial charge in [0.05, 0.1) is 39.9 Å². The quantitative estimate of drug-likeness (QED) is 0.0278. The van der Waals surface area contributed by atoms with Gasteiger partial charge in [-0.15, -0.1) is 0 Å². The molecular formula is C44H87N2O6P. The van der Waals surface area contributed by atoms with Crippen molar-refractivity contribution in [1.82, 2.24) is 5.32 Å². The Morgan fingerprint density at radius 3 is 1.47 bits per heavy atom. The second kappa shape index (κ2) is 36.6. The van der Waals surface area contributed by atoms with Crippen molar-refractivity contribution < 1.29 is 32.9 Å². The van der Waals surface area contributed by atoms with E-state index >= 15 is 0 Å². The predicted octanol–water partition coefficient (Wildman–Crippen LogP) is 11.5. The van der Waals surface area contributed by atoms with Crippen molar-refractivity contribution in [2.24, 2.45) is 0 Å². The summed E-state index contributed by atoms with van der Waals surface area (Å²) in [5.41, 5.74) is 0. The fourth-order valence-corrected chi connectivity index (χ4v) is 7.04. The molecule has 0 spiro atoms. The van der Waals surface area contributed by atoms with E-state index in [4.69, 9.17) is 9.05 Å². The molecule has 0 aromatic rings. The Labute approximate surface area is 328 Å². The smallest absolute Gasteiger partial charge is 0.268 e. The van der Waals surface area contributed by atoms with E-state index in [9.17, 15) is 19.4 Å². The lowest BCUT2D eigenvalue weighted by atomic mass is 10.0. The number of carbonyl (C=O) groups is 1. The van der Waals surface area contributed by atoms with Crippen LogP contribution in [-0.2, 0) is 18.4 Å². The van der Waals surface area contributed by atoms with Crippen molar-refractivity contribution in [2.45, 2.75) is 212 Å². The molecule has 3 atom stereocenters. The Hall–Kier alpha value is -1.02. The van der Waals surface area contributed by atoms with Crippen LogP contribution in [0.25, 0.3) is 0 Å². The van der Waals surface area contributed by atoms with Crippen molar-refractivity contribution >= 4 is 13.7 Å². The summed E-state index contributed by atoms with van der Waals surface area (Å²) in [6, 6.07) is -0.818. The third-order valence-corrected chi connectivity index (χ3v) is 10.9. The Bertz CT molecular complexity index is 922. The Kier molecular flexibility index (Phi) is 35.9. The van der Waals surface area contributed by atoms with Gasteiger partial charge >= 0.3 is 0 Å². The van der Waals surface area contributed by atoms with Crippen molar-refractivity contribution in [3.63, 3.8) is 0 Å². The highest BCUT2D eigenvalue weighted by atomic mass is 31.2. The number of carbonyl (C=O) groups excluding carboxylic acids is 1. The van der Waals surface area contributed by atoms with Crippen molar-refractivity contribution in [2.75, 3.05) is 40.9 Å². The molecular weight excluding hydrogens is 683 g/mol. The van der Waals surface area contributed by atoms with Crippen LogP contribution in [0.1, 0.15) is 200 Å². The number of likely N-dealkylation sites (N-methyl/N-ethyl adjacent to an activating group) is 1. The molecule has 0 rings (SSSR count). The second-order valence-corrected chi connectivity index (χ2v) is 17.8. The molecule has 0 aliphatic carbocycles. The lowest BCUT2D eigenvalue weighted by Gasteiger charge is -2.30. The largest absolute Gasteiger partial charge is 0.756 e. The topological polar surface area (TPSA) is 108 Å². The number of allylic oxidation sites excluding steroid dienone is 4. The molecule has 0 aliphatic heterocycles. The number of phosphoric acid groups is 1. The number of unbranched alkanes of at least 4 members (excludes halogenated alkanes) is 23. The number of phosphoric ester groups is 1. The molecule has 0 aromatic heterocycles. The summed E-state index contributed by atoms with van der Waals surface area (Å²) < 4.78 is 23.2. The molecule has 53 heavy (non-hydrogen) atoms. The number of hydrogen-bond acceptors (Lipinski definition) is 6. The van der Waals surface area contributed by atoms with E-state index in [0.717, 1.165) is 57.8 Å². The van der Waals surface area contributed by atoms with Crippen LogP contribution in [0.2, 0.25) is 0 Å². The van der Waals surface area contributed by atoms with Gasteiger partial charge in [0.25, 0.3) is 7.82 Å². The van der Waals surface area contributed by atoms with Crippen LogP contribution in [-0.4, -0.2) is 68.5 Å². The summed E-state index contributed by atoms with van der Waals surface area (Å²) in [5.74, 6) is -0.184. The minimum atomic E-state index is -4.57. The predicted molar refractivity (Wildman–Crippen MR) is 224 cm³/mol. The number of quaternary nitrogens is 1. The van der Waals surface area contributed by atoms with Gasteiger partial charge in [0.2, 0.25) is 5.91 Å². The maximum absolute atomic E-state index is 12.8. The number of nitrogens with one attached hydrogen (secondary N) is 1.